The van der Waals surface area contributed by atoms with E-state index in [4.69, 9.17) is 33.9 Å². The Balaban J connectivity index is 3.50. The Hall–Kier alpha value is 0.480. The van der Waals surface area contributed by atoms with Crippen LogP contribution < -0.4 is 0 Å². The maximum atomic E-state index is 5.40. The van der Waals surface area contributed by atoms with Crippen LogP contribution in [-0.4, -0.2) is 22.0 Å². The summed E-state index contributed by atoms with van der Waals surface area (Å²) in [5.74, 6) is 1.26. The summed E-state index contributed by atoms with van der Waals surface area (Å²) in [6.07, 6.45) is 2.03. The van der Waals surface area contributed by atoms with Crippen LogP contribution in [0.1, 0.15) is 40.5 Å². The molecule has 106 valence electrons. The summed E-state index contributed by atoms with van der Waals surface area (Å²) in [6, 6.07) is 0. The maximum Gasteiger partial charge on any atom is 0.231 e. The van der Waals surface area contributed by atoms with Crippen LogP contribution in [-0.2, 0) is 9.47 Å². The van der Waals surface area contributed by atoms with Crippen molar-refractivity contribution in [3.8, 4) is 0 Å². The van der Waals surface area contributed by atoms with Gasteiger partial charge in [-0.05, 0) is 49.1 Å². The van der Waals surface area contributed by atoms with Crippen LogP contribution in [0.25, 0.3) is 0 Å². The second-order valence-electron chi connectivity index (χ2n) is 4.73. The van der Waals surface area contributed by atoms with Gasteiger partial charge in [-0.1, -0.05) is 27.7 Å². The molecule has 0 aromatic rings. The lowest BCUT2D eigenvalue weighted by atomic mass is 10.1. The molecular formula is C12H22O2S4. The molecule has 0 amide bonds. The first-order valence-corrected chi connectivity index (χ1v) is 9.06. The molecule has 0 aliphatic heterocycles. The molecule has 0 unspecified atom stereocenters. The minimum absolute atomic E-state index is 0.524. The highest BCUT2D eigenvalue weighted by molar-refractivity contribution is 8.89. The topological polar surface area (TPSA) is 18.5 Å². The standard InChI is InChI=1S/C12H22O2S4/c1-9(2)5-7-13-11(15)17-18-12(16)14-8-6-10(3)4/h9-10H,5-8H2,1-4H3. The van der Waals surface area contributed by atoms with E-state index in [1.54, 1.807) is 0 Å². The van der Waals surface area contributed by atoms with Crippen molar-refractivity contribution in [3.63, 3.8) is 0 Å². The molecule has 6 heteroatoms. The highest BCUT2D eigenvalue weighted by Gasteiger charge is 2.06. The lowest BCUT2D eigenvalue weighted by Gasteiger charge is -2.09. The summed E-state index contributed by atoms with van der Waals surface area (Å²) in [7, 11) is 2.71. The molecule has 0 saturated heterocycles. The molecule has 0 aliphatic rings. The fraction of sp³-hybridized carbons (Fsp3) is 0.833. The number of rotatable bonds is 6. The van der Waals surface area contributed by atoms with Crippen LogP contribution in [0.4, 0.5) is 0 Å². The molecule has 0 fully saturated rings. The first-order chi connectivity index (χ1) is 8.41. The van der Waals surface area contributed by atoms with Gasteiger partial charge >= 0.3 is 0 Å². The molecule has 0 aromatic heterocycles. The van der Waals surface area contributed by atoms with E-state index in [-0.39, 0.29) is 0 Å². The van der Waals surface area contributed by atoms with Crippen molar-refractivity contribution in [2.75, 3.05) is 13.2 Å². The van der Waals surface area contributed by atoms with Crippen molar-refractivity contribution in [3.05, 3.63) is 0 Å². The van der Waals surface area contributed by atoms with Crippen molar-refractivity contribution >= 4 is 54.8 Å². The number of thiocarbonyl (C=S) groups is 2. The molecule has 0 aliphatic carbocycles. The highest BCUT2D eigenvalue weighted by Crippen LogP contribution is 2.26. The van der Waals surface area contributed by atoms with Crippen molar-refractivity contribution < 1.29 is 9.47 Å². The normalized spacial score (nSPS) is 10.8. The molecule has 0 aromatic carbocycles. The van der Waals surface area contributed by atoms with Crippen LogP contribution in [0.5, 0.6) is 0 Å². The quantitative estimate of drug-likeness (QED) is 0.498. The fourth-order valence-electron chi connectivity index (χ4n) is 0.872. The van der Waals surface area contributed by atoms with Gasteiger partial charge in [0, 0.05) is 21.6 Å². The van der Waals surface area contributed by atoms with E-state index in [0.29, 0.717) is 33.8 Å². The Labute approximate surface area is 129 Å². The van der Waals surface area contributed by atoms with Crippen molar-refractivity contribution in [2.24, 2.45) is 11.8 Å². The molecule has 0 radical (unpaired) electrons. The van der Waals surface area contributed by atoms with Crippen molar-refractivity contribution in [1.82, 2.24) is 0 Å². The smallest absolute Gasteiger partial charge is 0.231 e. The third-order valence-electron chi connectivity index (χ3n) is 2.01. The largest absolute Gasteiger partial charge is 0.478 e. The van der Waals surface area contributed by atoms with Gasteiger partial charge in [0.1, 0.15) is 0 Å². The Kier molecular flexibility index (Phi) is 11.6. The first-order valence-electron chi connectivity index (χ1n) is 6.09. The zero-order valence-electron chi connectivity index (χ0n) is 11.4. The highest BCUT2D eigenvalue weighted by atomic mass is 33.1. The monoisotopic (exact) mass is 326 g/mol. The third-order valence-corrected chi connectivity index (χ3v) is 5.13. The number of hydrogen-bond acceptors (Lipinski definition) is 6. The minimum atomic E-state index is 0.524. The third kappa shape index (κ3) is 12.9. The summed E-state index contributed by atoms with van der Waals surface area (Å²) in [5.41, 5.74) is 0. The van der Waals surface area contributed by atoms with E-state index in [1.165, 1.54) is 21.6 Å². The van der Waals surface area contributed by atoms with Gasteiger partial charge in [0.25, 0.3) is 0 Å². The van der Waals surface area contributed by atoms with Gasteiger partial charge in [-0.15, -0.1) is 0 Å². The fourth-order valence-corrected chi connectivity index (χ4v) is 2.75. The van der Waals surface area contributed by atoms with E-state index in [1.807, 2.05) is 0 Å². The second-order valence-corrected chi connectivity index (χ2v) is 8.06. The summed E-state index contributed by atoms with van der Waals surface area (Å²) >= 11 is 10.2. The number of ether oxygens (including phenoxy) is 2. The van der Waals surface area contributed by atoms with Crippen LogP contribution in [0, 0.1) is 11.8 Å². The predicted molar refractivity (Wildman–Crippen MR) is 91.2 cm³/mol. The van der Waals surface area contributed by atoms with Crippen LogP contribution in [0.2, 0.25) is 0 Å². The molecule has 0 heterocycles. The molecule has 2 nitrogen and oxygen atoms in total. The Morgan fingerprint density at radius 2 is 1.17 bits per heavy atom. The van der Waals surface area contributed by atoms with Gasteiger partial charge in [0.2, 0.25) is 8.77 Å². The SMILES string of the molecule is CC(C)CCOC(=S)SSC(=S)OCCC(C)C. The van der Waals surface area contributed by atoms with Gasteiger partial charge in [-0.3, -0.25) is 0 Å². The average molecular weight is 327 g/mol. The van der Waals surface area contributed by atoms with E-state index in [0.717, 1.165) is 12.8 Å². The van der Waals surface area contributed by atoms with Crippen molar-refractivity contribution in [1.29, 1.82) is 0 Å². The lowest BCUT2D eigenvalue weighted by molar-refractivity contribution is 0.291. The van der Waals surface area contributed by atoms with Crippen LogP contribution in [0.3, 0.4) is 0 Å². The Morgan fingerprint density at radius 1 is 0.833 bits per heavy atom. The molecule has 0 saturated carbocycles. The molecule has 18 heavy (non-hydrogen) atoms. The summed E-state index contributed by atoms with van der Waals surface area (Å²) in [4.78, 5) is 0. The van der Waals surface area contributed by atoms with Gasteiger partial charge in [-0.25, -0.2) is 0 Å². The summed E-state index contributed by atoms with van der Waals surface area (Å²) in [5, 5.41) is 0. The van der Waals surface area contributed by atoms with Gasteiger partial charge < -0.3 is 9.47 Å². The molecule has 0 rings (SSSR count). The molecule has 0 spiro atoms. The van der Waals surface area contributed by atoms with Gasteiger partial charge in [0.05, 0.1) is 13.2 Å². The maximum absolute atomic E-state index is 5.40. The van der Waals surface area contributed by atoms with E-state index < -0.39 is 0 Å². The zero-order valence-corrected chi connectivity index (χ0v) is 14.7. The Morgan fingerprint density at radius 3 is 1.44 bits per heavy atom. The Bertz CT molecular complexity index is 228. The van der Waals surface area contributed by atoms with Crippen molar-refractivity contribution in [2.45, 2.75) is 40.5 Å². The van der Waals surface area contributed by atoms with E-state index in [9.17, 15) is 0 Å². The van der Waals surface area contributed by atoms with E-state index in [2.05, 4.69) is 27.7 Å². The van der Waals surface area contributed by atoms with E-state index >= 15 is 0 Å². The molecule has 0 N–H and O–H groups in total. The zero-order chi connectivity index (χ0) is 14.0. The minimum Gasteiger partial charge on any atom is -0.478 e. The lowest BCUT2D eigenvalue weighted by Crippen LogP contribution is -2.04. The van der Waals surface area contributed by atoms with Crippen LogP contribution >= 0.6 is 46.0 Å². The second kappa shape index (κ2) is 11.3. The number of hydrogen-bond donors (Lipinski definition) is 0. The van der Waals surface area contributed by atoms with Gasteiger partial charge in [-0.2, -0.15) is 0 Å². The summed E-state index contributed by atoms with van der Waals surface area (Å²) in [6.45, 7) is 9.98. The molecular weight excluding hydrogens is 304 g/mol. The first kappa shape index (κ1) is 18.5. The molecule has 0 bridgehead atoms. The van der Waals surface area contributed by atoms with Gasteiger partial charge in [0.15, 0.2) is 0 Å². The molecule has 0 atom stereocenters. The predicted octanol–water partition coefficient (Wildman–Crippen LogP) is 5.06. The summed E-state index contributed by atoms with van der Waals surface area (Å²) < 4.78 is 11.9. The average Bonchev–Trinajstić information content (AvgIpc) is 2.25. The van der Waals surface area contributed by atoms with Crippen LogP contribution in [0.15, 0.2) is 0 Å².